The van der Waals surface area contributed by atoms with E-state index in [1.54, 1.807) is 4.90 Å². The first-order valence-electron chi connectivity index (χ1n) is 5.75. The molecule has 0 spiro atoms. The van der Waals surface area contributed by atoms with Crippen LogP contribution in [0.15, 0.2) is 0 Å². The minimum absolute atomic E-state index is 0.296. The maximum absolute atomic E-state index is 11.8. The monoisotopic (exact) mass is 231 g/mol. The lowest BCUT2D eigenvalue weighted by Crippen LogP contribution is -2.41. The second kappa shape index (κ2) is 6.70. The molecule has 0 aliphatic carbocycles. The van der Waals surface area contributed by atoms with Crippen LogP contribution in [0.25, 0.3) is 0 Å². The fourth-order valence-corrected chi connectivity index (χ4v) is 1.20. The van der Waals surface area contributed by atoms with E-state index in [0.29, 0.717) is 19.5 Å². The van der Waals surface area contributed by atoms with E-state index in [9.17, 15) is 4.79 Å². The Morgan fingerprint density at radius 3 is 2.25 bits per heavy atom. The summed E-state index contributed by atoms with van der Waals surface area (Å²) in [6.07, 6.45) is 0.787. The molecule has 96 valence electrons. The maximum atomic E-state index is 11.8. The molecule has 0 aromatic rings. The van der Waals surface area contributed by atoms with Gasteiger partial charge in [0, 0.05) is 13.1 Å². The second-order valence-electron chi connectivity index (χ2n) is 4.92. The molecule has 0 atom stereocenters. The van der Waals surface area contributed by atoms with E-state index in [2.05, 4.69) is 0 Å². The third-order valence-electron chi connectivity index (χ3n) is 1.88. The number of nitrogens with two attached hydrogens (primary N) is 2. The topological polar surface area (TPSA) is 81.6 Å². The lowest BCUT2D eigenvalue weighted by atomic mass is 10.2. The summed E-state index contributed by atoms with van der Waals surface area (Å²) in [5, 5.41) is 0. The molecule has 5 nitrogen and oxygen atoms in total. The number of rotatable bonds is 5. The summed E-state index contributed by atoms with van der Waals surface area (Å²) in [6, 6.07) is 0. The number of carbonyl (C=O) groups is 1. The van der Waals surface area contributed by atoms with Crippen molar-refractivity contribution >= 4 is 6.09 Å². The van der Waals surface area contributed by atoms with E-state index in [-0.39, 0.29) is 12.3 Å². The van der Waals surface area contributed by atoms with Crippen LogP contribution in [-0.2, 0) is 4.74 Å². The molecule has 0 radical (unpaired) electrons. The zero-order valence-corrected chi connectivity index (χ0v) is 10.8. The van der Waals surface area contributed by atoms with Gasteiger partial charge < -0.3 is 21.1 Å². The molecular formula is C11H25N3O2. The fourth-order valence-electron chi connectivity index (χ4n) is 1.20. The van der Waals surface area contributed by atoms with Crippen LogP contribution in [0.4, 0.5) is 4.79 Å². The van der Waals surface area contributed by atoms with Crippen LogP contribution in [0.2, 0.25) is 0 Å². The molecule has 0 aromatic heterocycles. The van der Waals surface area contributed by atoms with Crippen LogP contribution >= 0.6 is 0 Å². The van der Waals surface area contributed by atoms with Crippen LogP contribution in [0.5, 0.6) is 0 Å². The number of carbonyl (C=O) groups excluding carboxylic acids is 1. The Labute approximate surface area is 98.1 Å². The highest BCUT2D eigenvalue weighted by Gasteiger charge is 2.21. The largest absolute Gasteiger partial charge is 0.444 e. The van der Waals surface area contributed by atoms with Crippen molar-refractivity contribution < 1.29 is 9.53 Å². The lowest BCUT2D eigenvalue weighted by molar-refractivity contribution is 0.0245. The summed E-state index contributed by atoms with van der Waals surface area (Å²) < 4.78 is 5.29. The molecular weight excluding hydrogens is 206 g/mol. The van der Waals surface area contributed by atoms with E-state index in [1.807, 2.05) is 27.7 Å². The standard InChI is InChI=1S/C11H25N3O2/c1-5-7-14(8-6-9(12)13)10(15)16-11(2,3)4/h9H,5-8,12-13H2,1-4H3. The SMILES string of the molecule is CCCN(CCC(N)N)C(=O)OC(C)(C)C. The molecule has 16 heavy (non-hydrogen) atoms. The minimum Gasteiger partial charge on any atom is -0.444 e. The zero-order valence-electron chi connectivity index (χ0n) is 10.8. The quantitative estimate of drug-likeness (QED) is 0.698. The molecule has 0 aliphatic rings. The van der Waals surface area contributed by atoms with Crippen molar-refractivity contribution in [3.05, 3.63) is 0 Å². The Morgan fingerprint density at radius 1 is 1.31 bits per heavy atom. The third kappa shape index (κ3) is 7.48. The Kier molecular flexibility index (Phi) is 6.36. The van der Waals surface area contributed by atoms with Crippen molar-refractivity contribution in [1.82, 2.24) is 4.90 Å². The van der Waals surface area contributed by atoms with Gasteiger partial charge in [0.1, 0.15) is 5.60 Å². The summed E-state index contributed by atoms with van der Waals surface area (Å²) in [5.74, 6) is 0. The Hall–Kier alpha value is -0.810. The average Bonchev–Trinajstić information content (AvgIpc) is 2.08. The van der Waals surface area contributed by atoms with Gasteiger partial charge in [-0.25, -0.2) is 4.79 Å². The first-order chi connectivity index (χ1) is 7.26. The maximum Gasteiger partial charge on any atom is 0.410 e. The number of hydrogen-bond donors (Lipinski definition) is 2. The summed E-state index contributed by atoms with van der Waals surface area (Å²) in [5.41, 5.74) is 10.5. The Balaban J connectivity index is 4.23. The van der Waals surface area contributed by atoms with Crippen molar-refractivity contribution in [3.63, 3.8) is 0 Å². The highest BCUT2D eigenvalue weighted by molar-refractivity contribution is 5.68. The smallest absolute Gasteiger partial charge is 0.410 e. The number of amides is 1. The number of ether oxygens (including phenoxy) is 1. The van der Waals surface area contributed by atoms with Crippen LogP contribution in [-0.4, -0.2) is 35.8 Å². The van der Waals surface area contributed by atoms with Crippen molar-refractivity contribution in [2.45, 2.75) is 52.3 Å². The minimum atomic E-state index is -0.464. The first-order valence-corrected chi connectivity index (χ1v) is 5.75. The highest BCUT2D eigenvalue weighted by Crippen LogP contribution is 2.10. The van der Waals surface area contributed by atoms with Crippen LogP contribution in [0, 0.1) is 0 Å². The van der Waals surface area contributed by atoms with Gasteiger partial charge in [-0.05, 0) is 33.6 Å². The number of nitrogens with zero attached hydrogens (tertiary/aromatic N) is 1. The first kappa shape index (κ1) is 15.2. The summed E-state index contributed by atoms with van der Waals surface area (Å²) in [4.78, 5) is 13.4. The molecule has 1 amide bonds. The summed E-state index contributed by atoms with van der Waals surface area (Å²) in [7, 11) is 0. The average molecular weight is 231 g/mol. The van der Waals surface area contributed by atoms with Crippen molar-refractivity contribution in [3.8, 4) is 0 Å². The van der Waals surface area contributed by atoms with Gasteiger partial charge in [-0.2, -0.15) is 0 Å². The Bertz CT molecular complexity index is 212. The van der Waals surface area contributed by atoms with Crippen LogP contribution in [0.3, 0.4) is 0 Å². The van der Waals surface area contributed by atoms with Crippen molar-refractivity contribution in [2.75, 3.05) is 13.1 Å². The zero-order chi connectivity index (χ0) is 12.8. The molecule has 5 heteroatoms. The van der Waals surface area contributed by atoms with E-state index in [4.69, 9.17) is 16.2 Å². The van der Waals surface area contributed by atoms with Gasteiger partial charge in [-0.15, -0.1) is 0 Å². The van der Waals surface area contributed by atoms with Gasteiger partial charge in [0.2, 0.25) is 0 Å². The second-order valence-corrected chi connectivity index (χ2v) is 4.92. The number of hydrogen-bond acceptors (Lipinski definition) is 4. The molecule has 0 fully saturated rings. The van der Waals surface area contributed by atoms with Crippen LogP contribution in [0.1, 0.15) is 40.5 Å². The molecule has 0 rings (SSSR count). The predicted molar refractivity (Wildman–Crippen MR) is 64.9 cm³/mol. The van der Waals surface area contributed by atoms with E-state index in [0.717, 1.165) is 6.42 Å². The summed E-state index contributed by atoms with van der Waals surface area (Å²) in [6.45, 7) is 8.78. The van der Waals surface area contributed by atoms with E-state index in [1.165, 1.54) is 0 Å². The fraction of sp³-hybridized carbons (Fsp3) is 0.909. The Morgan fingerprint density at radius 2 is 1.88 bits per heavy atom. The van der Waals surface area contributed by atoms with E-state index >= 15 is 0 Å². The highest BCUT2D eigenvalue weighted by atomic mass is 16.6. The van der Waals surface area contributed by atoms with Crippen molar-refractivity contribution in [2.24, 2.45) is 11.5 Å². The molecule has 0 aromatic carbocycles. The van der Waals surface area contributed by atoms with E-state index < -0.39 is 5.60 Å². The van der Waals surface area contributed by atoms with Gasteiger partial charge in [0.05, 0.1) is 6.17 Å². The molecule has 0 saturated heterocycles. The van der Waals surface area contributed by atoms with Gasteiger partial charge in [-0.1, -0.05) is 6.92 Å². The molecule has 0 bridgehead atoms. The van der Waals surface area contributed by atoms with Gasteiger partial charge in [0.15, 0.2) is 0 Å². The molecule has 0 heterocycles. The van der Waals surface area contributed by atoms with Gasteiger partial charge in [-0.3, -0.25) is 0 Å². The van der Waals surface area contributed by atoms with Gasteiger partial charge >= 0.3 is 6.09 Å². The predicted octanol–water partition coefficient (Wildman–Crippen LogP) is 1.27. The normalized spacial score (nSPS) is 11.7. The summed E-state index contributed by atoms with van der Waals surface area (Å²) >= 11 is 0. The van der Waals surface area contributed by atoms with Gasteiger partial charge in [0.25, 0.3) is 0 Å². The van der Waals surface area contributed by atoms with Crippen LogP contribution < -0.4 is 11.5 Å². The molecule has 0 unspecified atom stereocenters. The van der Waals surface area contributed by atoms with Crippen molar-refractivity contribution in [1.29, 1.82) is 0 Å². The lowest BCUT2D eigenvalue weighted by Gasteiger charge is -2.27. The molecule has 0 saturated carbocycles. The molecule has 0 aliphatic heterocycles. The molecule has 4 N–H and O–H groups in total. The third-order valence-corrected chi connectivity index (χ3v) is 1.88.